The molecule has 1 aromatic heterocycles. The van der Waals surface area contributed by atoms with Gasteiger partial charge in [0.05, 0.1) is 18.2 Å². The molecular formula is C19H23ClN2O2. The van der Waals surface area contributed by atoms with Gasteiger partial charge in [0, 0.05) is 28.6 Å². The summed E-state index contributed by atoms with van der Waals surface area (Å²) in [7, 11) is 0. The van der Waals surface area contributed by atoms with E-state index in [4.69, 9.17) is 11.6 Å². The van der Waals surface area contributed by atoms with Crippen molar-refractivity contribution in [3.63, 3.8) is 0 Å². The van der Waals surface area contributed by atoms with Crippen LogP contribution in [0.25, 0.3) is 5.69 Å². The normalized spacial score (nSPS) is 20.6. The molecule has 1 aliphatic rings. The molecular weight excluding hydrogens is 324 g/mol. The molecule has 1 saturated heterocycles. The summed E-state index contributed by atoms with van der Waals surface area (Å²) in [6, 6.07) is 9.45. The number of hydrogen-bond acceptors (Lipinski definition) is 2. The number of benzene rings is 1. The van der Waals surface area contributed by atoms with Crippen molar-refractivity contribution in [3.05, 3.63) is 52.3 Å². The zero-order chi connectivity index (χ0) is 17.4. The number of aromatic nitrogens is 1. The monoisotopic (exact) mass is 346 g/mol. The van der Waals surface area contributed by atoms with Crippen molar-refractivity contribution >= 4 is 17.5 Å². The lowest BCUT2D eigenvalue weighted by Gasteiger charge is -2.25. The third kappa shape index (κ3) is 2.85. The largest absolute Gasteiger partial charge is 0.394 e. The van der Waals surface area contributed by atoms with Crippen molar-refractivity contribution in [2.75, 3.05) is 13.2 Å². The first-order valence-corrected chi connectivity index (χ1v) is 8.68. The molecule has 2 heterocycles. The van der Waals surface area contributed by atoms with E-state index >= 15 is 0 Å². The number of carbonyl (C=O) groups is 1. The van der Waals surface area contributed by atoms with Gasteiger partial charge in [0.25, 0.3) is 5.91 Å². The van der Waals surface area contributed by atoms with E-state index in [9.17, 15) is 9.90 Å². The number of likely N-dealkylation sites (tertiary alicyclic amines) is 1. The van der Waals surface area contributed by atoms with E-state index < -0.39 is 0 Å². The summed E-state index contributed by atoms with van der Waals surface area (Å²) in [6.07, 6.45) is 0.935. The zero-order valence-corrected chi connectivity index (χ0v) is 15.0. The van der Waals surface area contributed by atoms with Crippen molar-refractivity contribution in [3.8, 4) is 5.69 Å². The van der Waals surface area contributed by atoms with E-state index in [0.717, 1.165) is 23.5 Å². The highest BCUT2D eigenvalue weighted by atomic mass is 35.5. The lowest BCUT2D eigenvalue weighted by Crippen LogP contribution is -2.40. The van der Waals surface area contributed by atoms with E-state index in [1.807, 2.05) is 53.6 Å². The molecule has 1 fully saturated rings. The molecule has 2 aromatic rings. The molecule has 4 nitrogen and oxygen atoms in total. The Bertz CT molecular complexity index is 769. The van der Waals surface area contributed by atoms with Gasteiger partial charge in [-0.05, 0) is 50.5 Å². The van der Waals surface area contributed by atoms with Gasteiger partial charge in [0.15, 0.2) is 0 Å². The van der Waals surface area contributed by atoms with Crippen LogP contribution in [0.1, 0.15) is 35.1 Å². The molecule has 0 radical (unpaired) electrons. The Labute approximate surface area is 147 Å². The first-order chi connectivity index (χ1) is 11.4. The number of halogens is 1. The number of carbonyl (C=O) groups excluding carboxylic acids is 1. The minimum absolute atomic E-state index is 0.000205. The fourth-order valence-corrected chi connectivity index (χ4v) is 3.87. The molecule has 0 spiro atoms. The smallest absolute Gasteiger partial charge is 0.256 e. The standard InChI is InChI=1S/C19H23ClN2O2/c1-12-7-8-21(18(12)11-23)19(24)17-9-13(2)22(14(17)3)16-6-4-5-15(20)10-16/h4-6,9-10,12,18,23H,7-8,11H2,1-3H3/t12-,18+/m1/s1. The van der Waals surface area contributed by atoms with Gasteiger partial charge in [-0.1, -0.05) is 24.6 Å². The van der Waals surface area contributed by atoms with Crippen molar-refractivity contribution in [2.45, 2.75) is 33.2 Å². The van der Waals surface area contributed by atoms with Gasteiger partial charge >= 0.3 is 0 Å². The third-order valence-electron chi connectivity index (χ3n) is 5.06. The lowest BCUT2D eigenvalue weighted by molar-refractivity contribution is 0.0647. The molecule has 128 valence electrons. The summed E-state index contributed by atoms with van der Waals surface area (Å²) in [5.41, 5.74) is 3.53. The van der Waals surface area contributed by atoms with Crippen LogP contribution in [0.4, 0.5) is 0 Å². The first kappa shape index (κ1) is 17.1. The Morgan fingerprint density at radius 3 is 2.75 bits per heavy atom. The van der Waals surface area contributed by atoms with E-state index in [2.05, 4.69) is 6.92 Å². The van der Waals surface area contributed by atoms with Crippen LogP contribution < -0.4 is 0 Å². The van der Waals surface area contributed by atoms with Crippen LogP contribution >= 0.6 is 11.6 Å². The summed E-state index contributed by atoms with van der Waals surface area (Å²) in [4.78, 5) is 14.8. The highest BCUT2D eigenvalue weighted by Gasteiger charge is 2.35. The minimum Gasteiger partial charge on any atom is -0.394 e. The maximum atomic E-state index is 13.0. The SMILES string of the molecule is Cc1cc(C(=O)N2CC[C@@H](C)[C@@H]2CO)c(C)n1-c1cccc(Cl)c1. The Kier molecular flexibility index (Phi) is 4.70. The molecule has 1 aliphatic heterocycles. The summed E-state index contributed by atoms with van der Waals surface area (Å²) < 4.78 is 2.05. The lowest BCUT2D eigenvalue weighted by atomic mass is 10.0. The number of aliphatic hydroxyl groups excluding tert-OH is 1. The van der Waals surface area contributed by atoms with Gasteiger partial charge in [-0.2, -0.15) is 0 Å². The zero-order valence-electron chi connectivity index (χ0n) is 14.3. The molecule has 5 heteroatoms. The Morgan fingerprint density at radius 2 is 2.08 bits per heavy atom. The quantitative estimate of drug-likeness (QED) is 0.923. The molecule has 0 unspecified atom stereocenters. The minimum atomic E-state index is -0.0910. The fraction of sp³-hybridized carbons (Fsp3) is 0.421. The van der Waals surface area contributed by atoms with Crippen LogP contribution in [0.15, 0.2) is 30.3 Å². The van der Waals surface area contributed by atoms with E-state index in [1.54, 1.807) is 0 Å². The number of aryl methyl sites for hydroxylation is 1. The van der Waals surface area contributed by atoms with Crippen LogP contribution in [0.5, 0.6) is 0 Å². The van der Waals surface area contributed by atoms with Crippen molar-refractivity contribution in [1.82, 2.24) is 9.47 Å². The van der Waals surface area contributed by atoms with Crippen LogP contribution in [0.2, 0.25) is 5.02 Å². The van der Waals surface area contributed by atoms with Crippen molar-refractivity contribution in [1.29, 1.82) is 0 Å². The van der Waals surface area contributed by atoms with Gasteiger partial charge < -0.3 is 14.6 Å². The fourth-order valence-electron chi connectivity index (χ4n) is 3.69. The molecule has 0 saturated carbocycles. The van der Waals surface area contributed by atoms with Crippen molar-refractivity contribution in [2.24, 2.45) is 5.92 Å². The number of amides is 1. The molecule has 24 heavy (non-hydrogen) atoms. The third-order valence-corrected chi connectivity index (χ3v) is 5.29. The van der Waals surface area contributed by atoms with Crippen LogP contribution in [-0.2, 0) is 0 Å². The predicted octanol–water partition coefficient (Wildman–Crippen LogP) is 3.59. The van der Waals surface area contributed by atoms with Gasteiger partial charge in [0.1, 0.15) is 0 Å². The number of rotatable bonds is 3. The molecule has 0 aliphatic carbocycles. The maximum Gasteiger partial charge on any atom is 0.256 e. The molecule has 1 aromatic carbocycles. The molecule has 1 N–H and O–H groups in total. The second-order valence-electron chi connectivity index (χ2n) is 6.61. The van der Waals surface area contributed by atoms with Gasteiger partial charge in [-0.15, -0.1) is 0 Å². The van der Waals surface area contributed by atoms with Crippen LogP contribution in [0, 0.1) is 19.8 Å². The second-order valence-corrected chi connectivity index (χ2v) is 7.05. The average Bonchev–Trinajstić information content (AvgIpc) is 3.06. The average molecular weight is 347 g/mol. The van der Waals surface area contributed by atoms with E-state index in [-0.39, 0.29) is 18.6 Å². The van der Waals surface area contributed by atoms with Crippen LogP contribution in [-0.4, -0.2) is 39.7 Å². The Balaban J connectivity index is 1.99. The van der Waals surface area contributed by atoms with Gasteiger partial charge in [-0.25, -0.2) is 0 Å². The topological polar surface area (TPSA) is 45.5 Å². The molecule has 1 amide bonds. The van der Waals surface area contributed by atoms with E-state index in [1.165, 1.54) is 0 Å². The molecule has 0 bridgehead atoms. The predicted molar refractivity (Wildman–Crippen MR) is 95.9 cm³/mol. The Hall–Kier alpha value is -1.78. The Morgan fingerprint density at radius 1 is 1.33 bits per heavy atom. The summed E-state index contributed by atoms with van der Waals surface area (Å²) in [6.45, 7) is 6.74. The maximum absolute atomic E-state index is 13.0. The number of aliphatic hydroxyl groups is 1. The summed E-state index contributed by atoms with van der Waals surface area (Å²) in [5.74, 6) is 0.329. The number of nitrogens with zero attached hydrogens (tertiary/aromatic N) is 2. The first-order valence-electron chi connectivity index (χ1n) is 8.30. The molecule has 2 atom stereocenters. The number of hydrogen-bond donors (Lipinski definition) is 1. The second kappa shape index (κ2) is 6.61. The highest BCUT2D eigenvalue weighted by Crippen LogP contribution is 2.28. The van der Waals surface area contributed by atoms with Crippen molar-refractivity contribution < 1.29 is 9.90 Å². The highest BCUT2D eigenvalue weighted by molar-refractivity contribution is 6.30. The van der Waals surface area contributed by atoms with Crippen LogP contribution in [0.3, 0.4) is 0 Å². The van der Waals surface area contributed by atoms with E-state index in [0.29, 0.717) is 23.0 Å². The van der Waals surface area contributed by atoms with Gasteiger partial charge in [-0.3, -0.25) is 4.79 Å². The molecule has 3 rings (SSSR count). The summed E-state index contributed by atoms with van der Waals surface area (Å²) >= 11 is 6.11. The van der Waals surface area contributed by atoms with Gasteiger partial charge in [0.2, 0.25) is 0 Å². The summed E-state index contributed by atoms with van der Waals surface area (Å²) in [5, 5.41) is 10.3.